The number of amidine groups is 1. The van der Waals surface area contributed by atoms with Gasteiger partial charge in [-0.2, -0.15) is 0 Å². The summed E-state index contributed by atoms with van der Waals surface area (Å²) in [6.07, 6.45) is 0. The van der Waals surface area contributed by atoms with Gasteiger partial charge in [0.2, 0.25) is 0 Å². The number of halogens is 1. The van der Waals surface area contributed by atoms with E-state index in [9.17, 15) is 4.39 Å². The first-order valence-electron chi connectivity index (χ1n) is 6.04. The molecular weight excluding hydrogens is 275 g/mol. The molecule has 3 nitrogen and oxygen atoms in total. The quantitative estimate of drug-likeness (QED) is 0.392. The van der Waals surface area contributed by atoms with Crippen molar-refractivity contribution in [2.75, 3.05) is 0 Å². The molecule has 0 radical (unpaired) electrons. The number of hydrogen-bond donors (Lipinski definition) is 2. The summed E-state index contributed by atoms with van der Waals surface area (Å²) in [5.41, 5.74) is 8.02. The lowest BCUT2D eigenvalue weighted by Gasteiger charge is -2.08. The van der Waals surface area contributed by atoms with Crippen LogP contribution in [0.4, 0.5) is 4.39 Å². The van der Waals surface area contributed by atoms with E-state index in [-0.39, 0.29) is 11.7 Å². The number of rotatable bonds is 3. The first-order valence-corrected chi connectivity index (χ1v) is 6.85. The van der Waals surface area contributed by atoms with E-state index < -0.39 is 0 Å². The second kappa shape index (κ2) is 5.96. The van der Waals surface area contributed by atoms with E-state index in [1.54, 1.807) is 12.1 Å². The van der Waals surface area contributed by atoms with Gasteiger partial charge < -0.3 is 10.9 Å². The zero-order valence-electron chi connectivity index (χ0n) is 11.2. The maximum Gasteiger partial charge on any atom is 0.170 e. The first kappa shape index (κ1) is 14.4. The molecule has 2 rings (SSSR count). The predicted octanol–water partition coefficient (Wildman–Crippen LogP) is 3.69. The topological polar surface area (TPSA) is 58.6 Å². The van der Waals surface area contributed by atoms with Crippen molar-refractivity contribution in [2.45, 2.75) is 23.6 Å². The molecule has 104 valence electrons. The Morgan fingerprint density at radius 3 is 2.55 bits per heavy atom. The Labute approximate surface area is 121 Å². The van der Waals surface area contributed by atoms with E-state index >= 15 is 0 Å². The minimum atomic E-state index is -0.389. The molecule has 0 atom stereocenters. The molecule has 0 amide bonds. The molecule has 0 aliphatic rings. The van der Waals surface area contributed by atoms with Crippen molar-refractivity contribution >= 4 is 17.6 Å². The van der Waals surface area contributed by atoms with Crippen LogP contribution >= 0.6 is 11.8 Å². The minimum Gasteiger partial charge on any atom is -0.409 e. The predicted molar refractivity (Wildman–Crippen MR) is 78.9 cm³/mol. The summed E-state index contributed by atoms with van der Waals surface area (Å²) in [5.74, 6) is -0.493. The van der Waals surface area contributed by atoms with Gasteiger partial charge in [0.15, 0.2) is 5.84 Å². The Balaban J connectivity index is 2.33. The summed E-state index contributed by atoms with van der Waals surface area (Å²) in [7, 11) is 0. The first-order chi connectivity index (χ1) is 9.51. The van der Waals surface area contributed by atoms with Gasteiger partial charge in [-0.3, -0.25) is 0 Å². The largest absolute Gasteiger partial charge is 0.409 e. The van der Waals surface area contributed by atoms with Crippen molar-refractivity contribution in [1.82, 2.24) is 0 Å². The second-order valence-electron chi connectivity index (χ2n) is 4.50. The molecule has 3 N–H and O–H groups in total. The average Bonchev–Trinajstić information content (AvgIpc) is 2.44. The molecule has 0 heterocycles. The molecule has 0 unspecified atom stereocenters. The molecule has 0 bridgehead atoms. The zero-order chi connectivity index (χ0) is 14.7. The van der Waals surface area contributed by atoms with Crippen LogP contribution in [0.25, 0.3) is 0 Å². The Morgan fingerprint density at radius 2 is 1.90 bits per heavy atom. The molecule has 0 aromatic heterocycles. The van der Waals surface area contributed by atoms with Crippen LogP contribution in [-0.2, 0) is 0 Å². The van der Waals surface area contributed by atoms with E-state index in [1.165, 1.54) is 17.8 Å². The maximum atomic E-state index is 14.1. The average molecular weight is 290 g/mol. The number of aryl methyl sites for hydroxylation is 2. The van der Waals surface area contributed by atoms with Crippen molar-refractivity contribution < 1.29 is 9.60 Å². The maximum absolute atomic E-state index is 14.1. The Bertz CT molecular complexity index is 671. The third kappa shape index (κ3) is 3.11. The summed E-state index contributed by atoms with van der Waals surface area (Å²) < 4.78 is 14.1. The Hall–Kier alpha value is -2.01. The molecule has 2 aromatic rings. The van der Waals surface area contributed by atoms with Crippen LogP contribution in [0, 0.1) is 19.7 Å². The fraction of sp³-hybridized carbons (Fsp3) is 0.133. The molecule has 0 saturated heterocycles. The molecule has 0 aliphatic heterocycles. The highest BCUT2D eigenvalue weighted by atomic mass is 32.2. The van der Waals surface area contributed by atoms with Gasteiger partial charge in [-0.05, 0) is 49.2 Å². The van der Waals surface area contributed by atoms with Crippen molar-refractivity contribution in [1.29, 1.82) is 0 Å². The second-order valence-corrected chi connectivity index (χ2v) is 5.59. The molecule has 0 aliphatic carbocycles. The van der Waals surface area contributed by atoms with Crippen molar-refractivity contribution in [2.24, 2.45) is 10.9 Å². The monoisotopic (exact) mass is 290 g/mol. The van der Waals surface area contributed by atoms with Crippen molar-refractivity contribution in [3.8, 4) is 0 Å². The summed E-state index contributed by atoms with van der Waals surface area (Å²) in [6, 6.07) is 10.6. The Morgan fingerprint density at radius 1 is 1.15 bits per heavy atom. The van der Waals surface area contributed by atoms with Gasteiger partial charge in [0.1, 0.15) is 5.82 Å². The number of nitrogens with two attached hydrogens (primary N) is 1. The van der Waals surface area contributed by atoms with E-state index in [2.05, 4.69) is 5.16 Å². The summed E-state index contributed by atoms with van der Waals surface area (Å²) >= 11 is 1.36. The van der Waals surface area contributed by atoms with Crippen LogP contribution in [-0.4, -0.2) is 11.0 Å². The van der Waals surface area contributed by atoms with Gasteiger partial charge in [-0.1, -0.05) is 29.1 Å². The lowest BCUT2D eigenvalue weighted by molar-refractivity contribution is 0.318. The summed E-state index contributed by atoms with van der Waals surface area (Å²) in [4.78, 5) is 1.52. The number of nitrogens with zero attached hydrogens (tertiary/aromatic N) is 1. The number of hydrogen-bond acceptors (Lipinski definition) is 3. The van der Waals surface area contributed by atoms with E-state index in [4.69, 9.17) is 10.9 Å². The molecule has 20 heavy (non-hydrogen) atoms. The molecule has 0 fully saturated rings. The van der Waals surface area contributed by atoms with E-state index in [1.807, 2.05) is 32.0 Å². The van der Waals surface area contributed by atoms with Crippen LogP contribution in [0.3, 0.4) is 0 Å². The third-order valence-corrected chi connectivity index (χ3v) is 4.11. The lowest BCUT2D eigenvalue weighted by Crippen LogP contribution is -2.13. The zero-order valence-corrected chi connectivity index (χ0v) is 12.0. The highest BCUT2D eigenvalue weighted by Gasteiger charge is 2.09. The smallest absolute Gasteiger partial charge is 0.170 e. The number of benzene rings is 2. The van der Waals surface area contributed by atoms with Gasteiger partial charge in [0.25, 0.3) is 0 Å². The SMILES string of the molecule is Cc1ccc(C)c(Sc2ccc(/C(N)=N/O)cc2F)c1. The van der Waals surface area contributed by atoms with Crippen LogP contribution in [0.1, 0.15) is 16.7 Å². The van der Waals surface area contributed by atoms with Crippen LogP contribution in [0.5, 0.6) is 0 Å². The van der Waals surface area contributed by atoms with Crippen LogP contribution < -0.4 is 5.73 Å². The van der Waals surface area contributed by atoms with Gasteiger partial charge in [0, 0.05) is 15.4 Å². The van der Waals surface area contributed by atoms with Gasteiger partial charge >= 0.3 is 0 Å². The van der Waals surface area contributed by atoms with Crippen molar-refractivity contribution in [3.63, 3.8) is 0 Å². The standard InChI is InChI=1S/C15H15FN2OS/c1-9-3-4-10(2)14(7-9)20-13-6-5-11(8-12(13)16)15(17)18-19/h3-8,19H,1-2H3,(H2,17,18). The highest BCUT2D eigenvalue weighted by molar-refractivity contribution is 7.99. The molecule has 0 saturated carbocycles. The van der Waals surface area contributed by atoms with E-state index in [0.717, 1.165) is 16.0 Å². The normalized spacial score (nSPS) is 11.7. The van der Waals surface area contributed by atoms with Gasteiger partial charge in [-0.15, -0.1) is 0 Å². The van der Waals surface area contributed by atoms with Crippen LogP contribution in [0.15, 0.2) is 51.3 Å². The van der Waals surface area contributed by atoms with Gasteiger partial charge in [0.05, 0.1) is 0 Å². The van der Waals surface area contributed by atoms with Crippen LogP contribution in [0.2, 0.25) is 0 Å². The fourth-order valence-electron chi connectivity index (χ4n) is 1.74. The summed E-state index contributed by atoms with van der Waals surface area (Å²) in [6.45, 7) is 3.99. The number of oxime groups is 1. The molecule has 2 aromatic carbocycles. The lowest BCUT2D eigenvalue weighted by atomic mass is 10.2. The third-order valence-electron chi connectivity index (χ3n) is 2.90. The summed E-state index contributed by atoms with van der Waals surface area (Å²) in [5, 5.41) is 11.4. The minimum absolute atomic E-state index is 0.104. The van der Waals surface area contributed by atoms with Crippen molar-refractivity contribution in [3.05, 3.63) is 58.9 Å². The molecular formula is C15H15FN2OS. The Kier molecular flexibility index (Phi) is 4.29. The van der Waals surface area contributed by atoms with E-state index in [0.29, 0.717) is 10.5 Å². The molecule has 5 heteroatoms. The molecule has 0 spiro atoms. The fourth-order valence-corrected chi connectivity index (χ4v) is 2.74. The highest BCUT2D eigenvalue weighted by Crippen LogP contribution is 2.33. The van der Waals surface area contributed by atoms with Gasteiger partial charge in [-0.25, -0.2) is 4.39 Å².